The van der Waals surface area contributed by atoms with Crippen molar-refractivity contribution >= 4 is 17.5 Å². The highest BCUT2D eigenvalue weighted by molar-refractivity contribution is 6.30. The van der Waals surface area contributed by atoms with Crippen LogP contribution in [0.3, 0.4) is 0 Å². The molecular formula is C31H33ClN2O4. The number of carbonyl (C=O) groups is 1. The highest BCUT2D eigenvalue weighted by Crippen LogP contribution is 2.74. The summed E-state index contributed by atoms with van der Waals surface area (Å²) in [5.41, 5.74) is 1.63. The van der Waals surface area contributed by atoms with E-state index in [1.54, 1.807) is 18.0 Å². The normalized spacial score (nSPS) is 35.9. The number of likely N-dealkylation sites (N-methyl/N-ethyl adjacent to an activating group) is 1. The Labute approximate surface area is 227 Å². The molecule has 1 amide bonds. The van der Waals surface area contributed by atoms with E-state index in [-0.39, 0.29) is 23.1 Å². The molecule has 2 saturated carbocycles. The first kappa shape index (κ1) is 23.4. The molecule has 4 bridgehead atoms. The first-order chi connectivity index (χ1) is 18.3. The number of piperidine rings is 1. The van der Waals surface area contributed by atoms with Crippen molar-refractivity contribution in [2.24, 2.45) is 11.3 Å². The quantitative estimate of drug-likeness (QED) is 0.604. The fraction of sp³-hybridized carbons (Fsp3) is 0.516. The predicted molar refractivity (Wildman–Crippen MR) is 143 cm³/mol. The highest BCUT2D eigenvalue weighted by Gasteiger charge is 2.78. The Morgan fingerprint density at radius 2 is 1.95 bits per heavy atom. The van der Waals surface area contributed by atoms with Crippen molar-refractivity contribution in [2.75, 3.05) is 20.1 Å². The van der Waals surface area contributed by atoms with Crippen LogP contribution in [0.2, 0.25) is 5.02 Å². The Balaban J connectivity index is 1.26. The second kappa shape index (κ2) is 7.56. The van der Waals surface area contributed by atoms with Gasteiger partial charge in [0.25, 0.3) is 5.91 Å². The minimum atomic E-state index is -1.41. The fourth-order valence-corrected chi connectivity index (χ4v) is 9.07. The summed E-state index contributed by atoms with van der Waals surface area (Å²) in [5, 5.41) is 24.0. The molecular weight excluding hydrogens is 500 g/mol. The second-order valence-corrected chi connectivity index (χ2v) is 13.1. The van der Waals surface area contributed by atoms with Crippen molar-refractivity contribution < 1.29 is 19.7 Å². The Bertz CT molecular complexity index is 1400. The Hall–Kier alpha value is -2.54. The number of hydrogen-bond donors (Lipinski definition) is 2. The number of fused-ring (bicyclic) bond motifs is 1. The number of ether oxygens (including phenoxy) is 1. The van der Waals surface area contributed by atoms with Gasteiger partial charge >= 0.3 is 0 Å². The summed E-state index contributed by atoms with van der Waals surface area (Å²) in [5.74, 6) is 1.28. The van der Waals surface area contributed by atoms with Crippen molar-refractivity contribution in [3.8, 4) is 11.5 Å². The number of phenolic OH excluding ortho intramolecular Hbond substituents is 1. The van der Waals surface area contributed by atoms with Crippen LogP contribution in [0.5, 0.6) is 11.5 Å². The number of aromatic hydroxyl groups is 1. The molecule has 38 heavy (non-hydrogen) atoms. The first-order valence-electron chi connectivity index (χ1n) is 14.0. The lowest BCUT2D eigenvalue weighted by molar-refractivity contribution is -0.188. The Morgan fingerprint density at radius 3 is 2.71 bits per heavy atom. The molecule has 2 heterocycles. The van der Waals surface area contributed by atoms with Gasteiger partial charge in [-0.05, 0) is 80.3 Å². The lowest BCUT2D eigenvalue weighted by Gasteiger charge is -2.70. The summed E-state index contributed by atoms with van der Waals surface area (Å²) in [6.07, 6.45) is 7.26. The number of nitrogens with zero attached hydrogens (tertiary/aromatic N) is 2. The van der Waals surface area contributed by atoms with E-state index in [4.69, 9.17) is 16.3 Å². The number of hydrogen-bond acceptors (Lipinski definition) is 5. The van der Waals surface area contributed by atoms with Crippen molar-refractivity contribution in [2.45, 2.75) is 68.2 Å². The zero-order chi connectivity index (χ0) is 26.0. The summed E-state index contributed by atoms with van der Waals surface area (Å²) >= 11 is 6.07. The van der Waals surface area contributed by atoms with E-state index in [1.807, 2.05) is 24.3 Å². The molecule has 0 unspecified atom stereocenters. The molecule has 1 saturated heterocycles. The molecule has 9 rings (SSSR count). The van der Waals surface area contributed by atoms with Crippen LogP contribution >= 0.6 is 11.6 Å². The van der Waals surface area contributed by atoms with Crippen LogP contribution in [0.1, 0.15) is 48.8 Å². The zero-order valence-corrected chi connectivity index (χ0v) is 22.4. The number of phenols is 1. The van der Waals surface area contributed by atoms with Gasteiger partial charge in [0.15, 0.2) is 11.5 Å². The number of benzene rings is 2. The maximum atomic E-state index is 14.1. The van der Waals surface area contributed by atoms with Crippen LogP contribution in [0.15, 0.2) is 48.0 Å². The molecule has 0 radical (unpaired) electrons. The molecule has 3 fully saturated rings. The van der Waals surface area contributed by atoms with Gasteiger partial charge in [-0.25, -0.2) is 0 Å². The van der Waals surface area contributed by atoms with Gasteiger partial charge in [-0.15, -0.1) is 0 Å². The van der Waals surface area contributed by atoms with E-state index in [2.05, 4.69) is 17.0 Å². The van der Waals surface area contributed by atoms with Crippen molar-refractivity contribution in [1.29, 1.82) is 0 Å². The van der Waals surface area contributed by atoms with Crippen molar-refractivity contribution in [3.05, 3.63) is 69.8 Å². The summed E-state index contributed by atoms with van der Waals surface area (Å²) < 4.78 is 6.62. The lowest BCUT2D eigenvalue weighted by Crippen LogP contribution is -2.78. The van der Waals surface area contributed by atoms with E-state index >= 15 is 0 Å². The maximum Gasteiger partial charge on any atom is 0.252 e. The molecule has 2 N–H and O–H groups in total. The average Bonchev–Trinajstić information content (AvgIpc) is 3.65. The number of aliphatic hydroxyl groups is 1. The average molecular weight is 533 g/mol. The summed E-state index contributed by atoms with van der Waals surface area (Å²) in [7, 11) is 1.80. The SMILES string of the molecule is CN(Cc1ccc(Cl)cc1)C(=O)C1=C[C@@]23CC[C@]1(O)[C@@H]1Oc4c(O)ccc5c4[C@@]12CCN(CC1CC1)[C@@H]3C5. The van der Waals surface area contributed by atoms with Crippen LogP contribution < -0.4 is 4.74 Å². The van der Waals surface area contributed by atoms with Gasteiger partial charge in [0, 0.05) is 47.8 Å². The highest BCUT2D eigenvalue weighted by atomic mass is 35.5. The molecule has 2 aromatic rings. The third-order valence-electron chi connectivity index (χ3n) is 10.7. The smallest absolute Gasteiger partial charge is 0.252 e. The molecule has 6 nitrogen and oxygen atoms in total. The van der Waals surface area contributed by atoms with Gasteiger partial charge in [0.05, 0.1) is 5.41 Å². The van der Waals surface area contributed by atoms with Crippen LogP contribution in [-0.4, -0.2) is 63.8 Å². The number of carbonyl (C=O) groups excluding carboxylic acids is 1. The second-order valence-electron chi connectivity index (χ2n) is 12.6. The van der Waals surface area contributed by atoms with Crippen molar-refractivity contribution in [1.82, 2.24) is 9.80 Å². The van der Waals surface area contributed by atoms with E-state index in [0.29, 0.717) is 29.3 Å². The molecule has 2 spiro atoms. The molecule has 5 aliphatic carbocycles. The summed E-state index contributed by atoms with van der Waals surface area (Å²) in [6.45, 7) is 2.49. The topological polar surface area (TPSA) is 73.2 Å². The number of likely N-dealkylation sites (tertiary alicyclic amines) is 1. The van der Waals surface area contributed by atoms with Gasteiger partial charge in [0.1, 0.15) is 11.7 Å². The lowest BCUT2D eigenvalue weighted by atomic mass is 9.38. The van der Waals surface area contributed by atoms with Crippen LogP contribution in [0.4, 0.5) is 0 Å². The van der Waals surface area contributed by atoms with Crippen LogP contribution in [0, 0.1) is 11.3 Å². The van der Waals surface area contributed by atoms with E-state index in [1.165, 1.54) is 18.4 Å². The zero-order valence-electron chi connectivity index (χ0n) is 21.6. The number of halogens is 1. The maximum absolute atomic E-state index is 14.1. The molecule has 7 heteroatoms. The summed E-state index contributed by atoms with van der Waals surface area (Å²) in [6, 6.07) is 11.6. The van der Waals surface area contributed by atoms with Gasteiger partial charge in [-0.3, -0.25) is 9.69 Å². The Kier molecular flexibility index (Phi) is 4.64. The molecule has 7 aliphatic rings. The molecule has 5 atom stereocenters. The molecule has 0 aromatic heterocycles. The first-order valence-corrected chi connectivity index (χ1v) is 14.4. The molecule has 2 aliphatic heterocycles. The van der Waals surface area contributed by atoms with Crippen LogP contribution in [0.25, 0.3) is 0 Å². The van der Waals surface area contributed by atoms with Gasteiger partial charge in [-0.1, -0.05) is 35.9 Å². The van der Waals surface area contributed by atoms with E-state index < -0.39 is 17.1 Å². The Morgan fingerprint density at radius 1 is 1.16 bits per heavy atom. The fourth-order valence-electron chi connectivity index (χ4n) is 8.94. The van der Waals surface area contributed by atoms with E-state index in [9.17, 15) is 15.0 Å². The monoisotopic (exact) mass is 532 g/mol. The minimum absolute atomic E-state index is 0.136. The van der Waals surface area contributed by atoms with Crippen molar-refractivity contribution in [3.63, 3.8) is 0 Å². The number of amides is 1. The van der Waals surface area contributed by atoms with Gasteiger partial charge < -0.3 is 19.8 Å². The van der Waals surface area contributed by atoms with E-state index in [0.717, 1.165) is 49.4 Å². The largest absolute Gasteiger partial charge is 0.504 e. The molecule has 198 valence electrons. The molecule has 2 aromatic carbocycles. The third kappa shape index (κ3) is 2.79. The van der Waals surface area contributed by atoms with Gasteiger partial charge in [-0.2, -0.15) is 0 Å². The van der Waals surface area contributed by atoms with Gasteiger partial charge in [0.2, 0.25) is 0 Å². The number of rotatable bonds is 5. The summed E-state index contributed by atoms with van der Waals surface area (Å²) in [4.78, 5) is 18.5. The standard InChI is InChI=1S/C31H33ClN2O4/c1-33(16-18-4-7-21(32)8-5-18)27(36)22-15-29-10-11-31(22,37)28-30(29)12-13-34(17-19-2-3-19)24(29)14-20-6-9-23(35)26(38-28)25(20)30/h4-9,15,19,24,28,35,37H,2-3,10-14,16-17H2,1H3/t24-,28-,29-,30+,31-/m1/s1. The predicted octanol–water partition coefficient (Wildman–Crippen LogP) is 4.19. The third-order valence-corrected chi connectivity index (χ3v) is 11.0. The minimum Gasteiger partial charge on any atom is -0.504 e. The van der Waals surface area contributed by atoms with Crippen LogP contribution in [-0.2, 0) is 23.2 Å².